The smallest absolute Gasteiger partial charge is 0.408 e. The Balaban J connectivity index is 0.00000127. The molecular weight excluding hydrogens is 1550 g/mol. The van der Waals surface area contributed by atoms with Crippen LogP contribution in [0.1, 0.15) is 160 Å². The van der Waals surface area contributed by atoms with Gasteiger partial charge in [0.1, 0.15) is 36.4 Å². The number of ether oxygens (including phenoxy) is 3. The van der Waals surface area contributed by atoms with E-state index in [9.17, 15) is 99.0 Å². The SMILES string of the molecule is C.C.C.CC(O)/C(=N/O)c1ccc(F)c(F)c1.CC(O)C(=O)c1ccc(F)c(F)c1.CC(O)C(N)c1ccc(F)c(F)c1.CCC(=O)c1ccc(F)c(F)c1.C[C@H]1OC(=O)NC1c1ccc(F)c(F)c1.C[C@H]1OC(=O)NC1c1ccc(F)c(F)c1.C[C@H]1OC(=O)NC1c1ccc(F)c(F)c1.C[N+](=O)[O-].O=Cc1ccc(F)c(F)c1. The Labute approximate surface area is 643 Å². The molecule has 3 fully saturated rings. The van der Waals surface area contributed by atoms with Crippen LogP contribution in [0.3, 0.4) is 0 Å². The maximum atomic E-state index is 12.9. The summed E-state index contributed by atoms with van der Waals surface area (Å²) in [5.74, 6) is -16.2. The van der Waals surface area contributed by atoms with Gasteiger partial charge in [0.2, 0.25) is 0 Å². The van der Waals surface area contributed by atoms with Crippen molar-refractivity contribution in [3.63, 3.8) is 0 Å². The zero-order valence-corrected chi connectivity index (χ0v) is 59.2. The van der Waals surface area contributed by atoms with Gasteiger partial charge in [-0.3, -0.25) is 24.5 Å². The van der Waals surface area contributed by atoms with Crippen molar-refractivity contribution in [1.29, 1.82) is 0 Å². The van der Waals surface area contributed by atoms with Gasteiger partial charge in [0, 0.05) is 33.6 Å². The summed E-state index contributed by atoms with van der Waals surface area (Å²) >= 11 is 0. The van der Waals surface area contributed by atoms with Crippen LogP contribution in [0.15, 0.2) is 151 Å². The van der Waals surface area contributed by atoms with Crippen molar-refractivity contribution in [2.45, 2.75) is 138 Å². The lowest BCUT2D eigenvalue weighted by molar-refractivity contribution is -0.445. The number of nitrogens with two attached hydrogens (primary N) is 1. The average Bonchev–Trinajstić information content (AvgIpc) is 1.69. The molecule has 11 rings (SSSR count). The number of nitro groups is 1. The molecule has 3 aliphatic heterocycles. The minimum Gasteiger partial charge on any atom is -0.444 e. The second-order valence-electron chi connectivity index (χ2n) is 23.3. The Morgan fingerprint density at radius 3 is 1.01 bits per heavy atom. The summed E-state index contributed by atoms with van der Waals surface area (Å²) in [6.45, 7) is 10.8. The Kier molecular flexibility index (Phi) is 43.8. The topological polar surface area (TPSA) is 329 Å². The van der Waals surface area contributed by atoms with Crippen LogP contribution in [0, 0.1) is 103 Å². The molecule has 0 spiro atoms. The molecular formula is C77H82F16N6O15. The number of ketones is 2. The van der Waals surface area contributed by atoms with Gasteiger partial charge >= 0.3 is 18.3 Å². The number of amides is 3. The lowest BCUT2D eigenvalue weighted by atomic mass is 10.0. The van der Waals surface area contributed by atoms with Crippen molar-refractivity contribution in [1.82, 2.24) is 16.0 Å². The standard InChI is InChI=1S/3C10H9F2NO2.C9H9F2NO2.C9H11F2NO.C9H8F2O2.C9H8F2O.C7H4F2O.CH3NO2.3CH4/c3*1-5-9(13-10(14)15-5)6-2-3-7(11)8(12)4-6;1-5(13)9(12-14)6-2-3-7(10)8(11)4-6;1-5(13)9(12)6-2-3-7(10)8(11)4-6;1-5(12)9(13)6-2-3-7(10)8(11)4-6;1-2-9(12)6-3-4-7(10)8(11)5-6;8-6-2-1-5(4-10)3-7(6)9;1-2(3)4;;;/h3*2-5,9H,1H3,(H,13,14);2-5,13-14H,1H3;2-5,9,13H,12H2,1H3;2-5,12H,1H3;3-5H,2H2,1H3;1-4H;1H3;3*1H4/b;;;12-9-;;;;;;;;/t3*5-,9?;;;;;;;;;/m111........./s1. The summed E-state index contributed by atoms with van der Waals surface area (Å²) in [4.78, 5) is 73.0. The molecule has 7 unspecified atom stereocenters. The summed E-state index contributed by atoms with van der Waals surface area (Å²) in [6.07, 6.45) is -5.08. The van der Waals surface area contributed by atoms with Gasteiger partial charge in [0.25, 0.3) is 0 Å². The van der Waals surface area contributed by atoms with Crippen molar-refractivity contribution >= 4 is 41.8 Å². The number of nitrogens with zero attached hydrogens (tertiary/aromatic N) is 2. The van der Waals surface area contributed by atoms with E-state index in [2.05, 4.69) is 21.1 Å². The molecule has 9 N–H and O–H groups in total. The number of aliphatic hydroxyl groups is 3. The largest absolute Gasteiger partial charge is 0.444 e. The lowest BCUT2D eigenvalue weighted by Crippen LogP contribution is -2.23. The lowest BCUT2D eigenvalue weighted by Gasteiger charge is -2.14. The number of carbonyl (C=O) groups excluding carboxylic acids is 6. The second kappa shape index (κ2) is 48.8. The summed E-state index contributed by atoms with van der Waals surface area (Å²) in [7, 11) is 0.889. The number of cyclic esters (lactones) is 3. The summed E-state index contributed by atoms with van der Waals surface area (Å²) < 4.78 is 216. The van der Waals surface area contributed by atoms with E-state index in [1.807, 2.05) is 0 Å². The highest BCUT2D eigenvalue weighted by Crippen LogP contribution is 2.29. The average molecular weight is 1640 g/mol. The zero-order chi connectivity index (χ0) is 84.0. The first-order valence-corrected chi connectivity index (χ1v) is 32.1. The third kappa shape index (κ3) is 32.5. The van der Waals surface area contributed by atoms with Crippen LogP contribution in [0.4, 0.5) is 84.6 Å². The predicted octanol–water partition coefficient (Wildman–Crippen LogP) is 16.9. The molecule has 622 valence electrons. The molecule has 8 aromatic rings. The number of hydrogen-bond acceptors (Lipinski definition) is 17. The molecule has 0 aromatic heterocycles. The van der Waals surface area contributed by atoms with Crippen molar-refractivity contribution in [2.24, 2.45) is 10.9 Å². The van der Waals surface area contributed by atoms with Gasteiger partial charge in [0.05, 0.1) is 36.4 Å². The van der Waals surface area contributed by atoms with E-state index in [1.165, 1.54) is 63.2 Å². The molecule has 3 saturated heterocycles. The number of aliphatic hydroxyl groups excluding tert-OH is 3. The number of oxime groups is 1. The van der Waals surface area contributed by atoms with Crippen LogP contribution in [-0.2, 0) is 14.2 Å². The number of rotatable bonds is 12. The van der Waals surface area contributed by atoms with E-state index in [4.69, 9.17) is 50.6 Å². The molecule has 3 amide bonds. The number of aldehydes is 1. The highest BCUT2D eigenvalue weighted by molar-refractivity contribution is 6.03. The normalized spacial score (nSPS) is 16.8. The maximum absolute atomic E-state index is 12.9. The third-order valence-electron chi connectivity index (χ3n) is 14.8. The van der Waals surface area contributed by atoms with Crippen LogP contribution in [-0.4, -0.2) is 111 Å². The summed E-state index contributed by atoms with van der Waals surface area (Å²) in [5, 5.41) is 54.8. The van der Waals surface area contributed by atoms with Gasteiger partial charge in [-0.05, 0) is 185 Å². The van der Waals surface area contributed by atoms with E-state index in [0.717, 1.165) is 110 Å². The highest BCUT2D eigenvalue weighted by Gasteiger charge is 2.34. The van der Waals surface area contributed by atoms with E-state index in [1.54, 1.807) is 27.7 Å². The van der Waals surface area contributed by atoms with Gasteiger partial charge < -0.3 is 56.4 Å². The molecule has 0 bridgehead atoms. The molecule has 0 radical (unpaired) electrons. The van der Waals surface area contributed by atoms with Crippen molar-refractivity contribution < 1.29 is 139 Å². The predicted molar refractivity (Wildman–Crippen MR) is 384 cm³/mol. The van der Waals surface area contributed by atoms with Crippen LogP contribution >= 0.6 is 0 Å². The van der Waals surface area contributed by atoms with Gasteiger partial charge in [-0.1, -0.05) is 58.6 Å². The first-order chi connectivity index (χ1) is 51.9. The van der Waals surface area contributed by atoms with Gasteiger partial charge in [0.15, 0.2) is 112 Å². The molecule has 3 heterocycles. The minimum atomic E-state index is -1.20. The van der Waals surface area contributed by atoms with Gasteiger partial charge in [-0.15, -0.1) is 0 Å². The van der Waals surface area contributed by atoms with Crippen molar-refractivity contribution in [3.05, 3.63) is 293 Å². The van der Waals surface area contributed by atoms with E-state index < -0.39 is 165 Å². The van der Waals surface area contributed by atoms with Gasteiger partial charge in [-0.25, -0.2) is 84.6 Å². The highest BCUT2D eigenvalue weighted by atomic mass is 19.2. The number of nitrogens with one attached hydrogen (secondary N) is 3. The number of carbonyl (C=O) groups is 6. The number of benzene rings is 8. The van der Waals surface area contributed by atoms with E-state index in [0.29, 0.717) is 35.0 Å². The molecule has 0 saturated carbocycles. The molecule has 10 atom stereocenters. The molecule has 21 nitrogen and oxygen atoms in total. The molecule has 3 aliphatic rings. The number of alkyl carbamates (subject to hydrolysis) is 3. The Morgan fingerprint density at radius 1 is 0.465 bits per heavy atom. The minimum absolute atomic E-state index is 0. The van der Waals surface area contributed by atoms with Gasteiger partial charge in [-0.2, -0.15) is 0 Å². The molecule has 8 aromatic carbocycles. The van der Waals surface area contributed by atoms with Crippen molar-refractivity contribution in [3.8, 4) is 0 Å². The van der Waals surface area contributed by atoms with E-state index >= 15 is 0 Å². The zero-order valence-electron chi connectivity index (χ0n) is 59.2. The maximum Gasteiger partial charge on any atom is 0.408 e. The Morgan fingerprint density at radius 2 is 0.746 bits per heavy atom. The Bertz CT molecular complexity index is 4380. The first-order valence-electron chi connectivity index (χ1n) is 32.1. The van der Waals surface area contributed by atoms with E-state index in [-0.39, 0.29) is 74.3 Å². The number of hydrogen-bond donors (Lipinski definition) is 8. The first kappa shape index (κ1) is 102. The van der Waals surface area contributed by atoms with Crippen molar-refractivity contribution in [2.75, 3.05) is 7.05 Å². The fourth-order valence-electron chi connectivity index (χ4n) is 9.11. The Hall–Kier alpha value is -11.8. The summed E-state index contributed by atoms with van der Waals surface area (Å²) in [5.41, 5.74) is 7.74. The fraction of sp³-hybridized carbons (Fsp3) is 0.286. The van der Waals surface area contributed by atoms with Crippen LogP contribution in [0.5, 0.6) is 0 Å². The third-order valence-corrected chi connectivity index (χ3v) is 14.8. The van der Waals surface area contributed by atoms with Crippen LogP contribution < -0.4 is 21.7 Å². The van der Waals surface area contributed by atoms with Crippen LogP contribution in [0.25, 0.3) is 0 Å². The number of halogens is 16. The quantitative estimate of drug-likeness (QED) is 0.00823. The summed E-state index contributed by atoms with van der Waals surface area (Å²) in [6, 6.07) is 23.8. The second-order valence-corrected chi connectivity index (χ2v) is 23.3. The molecule has 114 heavy (non-hydrogen) atoms. The van der Waals surface area contributed by atoms with Crippen LogP contribution in [0.2, 0.25) is 0 Å². The molecule has 0 aliphatic carbocycles. The monoisotopic (exact) mass is 1630 g/mol. The fourth-order valence-corrected chi connectivity index (χ4v) is 9.11. The number of Topliss-reactive ketones (excluding diaryl/α,β-unsaturated/α-hetero) is 2. The molecule has 37 heteroatoms.